The van der Waals surface area contributed by atoms with Gasteiger partial charge < -0.3 is 15.2 Å². The Bertz CT molecular complexity index is 593. The number of rotatable bonds is 3. The second-order valence-electron chi connectivity index (χ2n) is 3.30. The zero-order valence-corrected chi connectivity index (χ0v) is 10.1. The van der Waals surface area contributed by atoms with Gasteiger partial charge in [0.05, 0.1) is 17.5 Å². The standard InChI is InChI=1S/C11H8ClNO3S/c12-9-6-3-1-2-4-7(6)17-10(9)11(16)13-5-8(14)15/h1-4H,5H2,(H,13,16)(H,14,15)/p-1. The van der Waals surface area contributed by atoms with Gasteiger partial charge in [-0.2, -0.15) is 0 Å². The van der Waals surface area contributed by atoms with Crippen LogP contribution in [0.15, 0.2) is 24.3 Å². The summed E-state index contributed by atoms with van der Waals surface area (Å²) in [5.41, 5.74) is 0. The Hall–Kier alpha value is -1.59. The molecule has 6 heteroatoms. The number of hydrogen-bond donors (Lipinski definition) is 1. The molecule has 0 saturated carbocycles. The third-order valence-electron chi connectivity index (χ3n) is 2.13. The van der Waals surface area contributed by atoms with Crippen LogP contribution >= 0.6 is 22.9 Å². The summed E-state index contributed by atoms with van der Waals surface area (Å²) in [6.07, 6.45) is 0. The lowest BCUT2D eigenvalue weighted by atomic mass is 10.2. The number of fused-ring (bicyclic) bond motifs is 1. The van der Waals surface area contributed by atoms with Gasteiger partial charge in [-0.25, -0.2) is 0 Å². The Morgan fingerprint density at radius 3 is 2.71 bits per heavy atom. The van der Waals surface area contributed by atoms with Crippen LogP contribution in [0.4, 0.5) is 0 Å². The van der Waals surface area contributed by atoms with E-state index >= 15 is 0 Å². The Kier molecular flexibility index (Phi) is 3.31. The molecule has 0 atom stereocenters. The number of benzene rings is 1. The number of nitrogens with one attached hydrogen (secondary N) is 1. The Morgan fingerprint density at radius 1 is 1.35 bits per heavy atom. The molecule has 0 aliphatic carbocycles. The maximum absolute atomic E-state index is 11.7. The van der Waals surface area contributed by atoms with Crippen molar-refractivity contribution >= 4 is 44.9 Å². The highest BCUT2D eigenvalue weighted by Crippen LogP contribution is 2.34. The minimum Gasteiger partial charge on any atom is -0.548 e. The summed E-state index contributed by atoms with van der Waals surface area (Å²) >= 11 is 7.28. The summed E-state index contributed by atoms with van der Waals surface area (Å²) in [5.74, 6) is -1.84. The molecule has 1 heterocycles. The van der Waals surface area contributed by atoms with E-state index < -0.39 is 18.4 Å². The van der Waals surface area contributed by atoms with Crippen molar-refractivity contribution in [2.75, 3.05) is 6.54 Å². The zero-order valence-electron chi connectivity index (χ0n) is 8.53. The Balaban J connectivity index is 2.32. The highest BCUT2D eigenvalue weighted by molar-refractivity contribution is 7.21. The van der Waals surface area contributed by atoms with Gasteiger partial charge in [-0.1, -0.05) is 29.8 Å². The normalized spacial score (nSPS) is 10.4. The van der Waals surface area contributed by atoms with Crippen molar-refractivity contribution in [3.63, 3.8) is 0 Å². The number of amides is 1. The average Bonchev–Trinajstić information content (AvgIpc) is 2.64. The summed E-state index contributed by atoms with van der Waals surface area (Å²) in [4.78, 5) is 22.2. The predicted molar refractivity (Wildman–Crippen MR) is 64.2 cm³/mol. The van der Waals surface area contributed by atoms with Crippen molar-refractivity contribution in [2.24, 2.45) is 0 Å². The molecule has 0 unspecified atom stereocenters. The molecular formula is C11H7ClNO3S-. The van der Waals surface area contributed by atoms with Crippen molar-refractivity contribution in [3.8, 4) is 0 Å². The SMILES string of the molecule is O=C([O-])CNC(=O)c1sc2ccccc2c1Cl. The van der Waals surface area contributed by atoms with Crippen LogP contribution in [0.1, 0.15) is 9.67 Å². The highest BCUT2D eigenvalue weighted by Gasteiger charge is 2.16. The number of carbonyl (C=O) groups excluding carboxylic acids is 2. The molecule has 2 aromatic rings. The number of hydrogen-bond acceptors (Lipinski definition) is 4. The topological polar surface area (TPSA) is 69.2 Å². The highest BCUT2D eigenvalue weighted by atomic mass is 35.5. The van der Waals surface area contributed by atoms with E-state index in [-0.39, 0.29) is 0 Å². The van der Waals surface area contributed by atoms with E-state index in [4.69, 9.17) is 11.6 Å². The zero-order chi connectivity index (χ0) is 12.4. The molecule has 0 radical (unpaired) electrons. The molecule has 1 aromatic carbocycles. The van der Waals surface area contributed by atoms with Gasteiger partial charge in [0.15, 0.2) is 0 Å². The number of carbonyl (C=O) groups is 2. The second kappa shape index (κ2) is 4.73. The van der Waals surface area contributed by atoms with Gasteiger partial charge in [0.2, 0.25) is 0 Å². The largest absolute Gasteiger partial charge is 0.548 e. The Labute approximate surface area is 106 Å². The molecule has 88 valence electrons. The maximum Gasteiger partial charge on any atom is 0.263 e. The molecule has 4 nitrogen and oxygen atoms in total. The third-order valence-corrected chi connectivity index (χ3v) is 3.81. The van der Waals surface area contributed by atoms with E-state index in [0.29, 0.717) is 9.90 Å². The number of halogens is 1. The van der Waals surface area contributed by atoms with Gasteiger partial charge in [0, 0.05) is 10.1 Å². The molecule has 0 aliphatic heterocycles. The van der Waals surface area contributed by atoms with Crippen LogP contribution in [0.25, 0.3) is 10.1 Å². The van der Waals surface area contributed by atoms with Crippen molar-refractivity contribution in [1.29, 1.82) is 0 Å². The minimum atomic E-state index is -1.34. The van der Waals surface area contributed by atoms with Crippen LogP contribution in [0.5, 0.6) is 0 Å². The van der Waals surface area contributed by atoms with Gasteiger partial charge in [-0.15, -0.1) is 11.3 Å². The molecule has 2 rings (SSSR count). The van der Waals surface area contributed by atoms with E-state index in [2.05, 4.69) is 5.32 Å². The molecule has 1 aromatic heterocycles. The fraction of sp³-hybridized carbons (Fsp3) is 0.0909. The van der Waals surface area contributed by atoms with Crippen LogP contribution in [0.3, 0.4) is 0 Å². The lowest BCUT2D eigenvalue weighted by molar-refractivity contribution is -0.303. The lowest BCUT2D eigenvalue weighted by Gasteiger charge is -2.03. The van der Waals surface area contributed by atoms with Gasteiger partial charge in [-0.05, 0) is 6.07 Å². The summed E-state index contributed by atoms with van der Waals surface area (Å²) < 4.78 is 0.885. The smallest absolute Gasteiger partial charge is 0.263 e. The number of aliphatic carboxylic acids is 1. The molecule has 0 spiro atoms. The van der Waals surface area contributed by atoms with E-state index in [1.165, 1.54) is 11.3 Å². The molecular weight excluding hydrogens is 262 g/mol. The van der Waals surface area contributed by atoms with Gasteiger partial charge in [0.1, 0.15) is 4.88 Å². The van der Waals surface area contributed by atoms with Gasteiger partial charge in [0.25, 0.3) is 5.91 Å². The van der Waals surface area contributed by atoms with Crippen molar-refractivity contribution in [3.05, 3.63) is 34.2 Å². The minimum absolute atomic E-state index is 0.314. The van der Waals surface area contributed by atoms with Crippen LogP contribution in [0, 0.1) is 0 Å². The monoisotopic (exact) mass is 268 g/mol. The van der Waals surface area contributed by atoms with Crippen LogP contribution < -0.4 is 10.4 Å². The molecule has 17 heavy (non-hydrogen) atoms. The summed E-state index contributed by atoms with van der Waals surface area (Å²) in [7, 11) is 0. The molecule has 0 aliphatic rings. The number of thiophene rings is 1. The molecule has 1 amide bonds. The van der Waals surface area contributed by atoms with Crippen LogP contribution in [-0.4, -0.2) is 18.4 Å². The molecule has 0 fully saturated rings. The molecule has 1 N–H and O–H groups in total. The lowest BCUT2D eigenvalue weighted by Crippen LogP contribution is -2.37. The summed E-state index contributed by atoms with van der Waals surface area (Å²) in [6.45, 7) is -0.524. The van der Waals surface area contributed by atoms with E-state index in [1.54, 1.807) is 0 Å². The Morgan fingerprint density at radius 2 is 2.06 bits per heavy atom. The molecule has 0 bridgehead atoms. The average molecular weight is 269 g/mol. The van der Waals surface area contributed by atoms with Crippen LogP contribution in [-0.2, 0) is 4.79 Å². The third kappa shape index (κ3) is 2.40. The van der Waals surface area contributed by atoms with E-state index in [9.17, 15) is 14.7 Å². The first-order valence-corrected chi connectivity index (χ1v) is 5.94. The van der Waals surface area contributed by atoms with E-state index in [0.717, 1.165) is 10.1 Å². The van der Waals surface area contributed by atoms with Gasteiger partial charge >= 0.3 is 0 Å². The predicted octanol–water partition coefficient (Wildman–Crippen LogP) is 1.03. The van der Waals surface area contributed by atoms with Crippen LogP contribution in [0.2, 0.25) is 5.02 Å². The fourth-order valence-corrected chi connectivity index (χ4v) is 2.83. The first kappa shape index (κ1) is 11.9. The van der Waals surface area contributed by atoms with Crippen molar-refractivity contribution < 1.29 is 14.7 Å². The summed E-state index contributed by atoms with van der Waals surface area (Å²) in [5, 5.41) is 13.6. The number of carboxylic acid groups (broad SMARTS) is 1. The van der Waals surface area contributed by atoms with Gasteiger partial charge in [-0.3, -0.25) is 4.79 Å². The quantitative estimate of drug-likeness (QED) is 0.904. The molecule has 0 saturated heterocycles. The fourth-order valence-electron chi connectivity index (χ4n) is 1.39. The maximum atomic E-state index is 11.7. The second-order valence-corrected chi connectivity index (χ2v) is 4.73. The van der Waals surface area contributed by atoms with Crippen molar-refractivity contribution in [1.82, 2.24) is 5.32 Å². The van der Waals surface area contributed by atoms with E-state index in [1.807, 2.05) is 24.3 Å². The number of carboxylic acids is 1. The first-order chi connectivity index (χ1) is 8.09. The van der Waals surface area contributed by atoms with Crippen molar-refractivity contribution in [2.45, 2.75) is 0 Å². The summed E-state index contributed by atoms with van der Waals surface area (Å²) in [6, 6.07) is 7.33. The first-order valence-electron chi connectivity index (χ1n) is 4.74.